The highest BCUT2D eigenvalue weighted by molar-refractivity contribution is 5.86. The molecule has 0 bridgehead atoms. The van der Waals surface area contributed by atoms with Gasteiger partial charge in [0.2, 0.25) is 0 Å². The second kappa shape index (κ2) is 5.99. The molecule has 0 aliphatic carbocycles. The molecule has 126 valence electrons. The molecule has 2 heterocycles. The summed E-state index contributed by atoms with van der Waals surface area (Å²) in [5.74, 6) is 0.606. The highest BCUT2D eigenvalue weighted by Crippen LogP contribution is 2.18. The first kappa shape index (κ1) is 16.0. The fourth-order valence-electron chi connectivity index (χ4n) is 2.94. The first-order valence-electron chi connectivity index (χ1n) is 7.91. The number of hydrogen-bond acceptors (Lipinski definition) is 4. The fourth-order valence-corrected chi connectivity index (χ4v) is 2.94. The molecule has 0 aliphatic rings. The Hall–Kier alpha value is -2.83. The maximum atomic E-state index is 12.8. The summed E-state index contributed by atoms with van der Waals surface area (Å²) in [5, 5.41) is 7.84. The van der Waals surface area contributed by atoms with Crippen LogP contribution in [-0.2, 0) is 20.1 Å². The number of nitrogens with one attached hydrogen (secondary N) is 1. The summed E-state index contributed by atoms with van der Waals surface area (Å²) in [4.78, 5) is 25.5. The Labute approximate surface area is 139 Å². The van der Waals surface area contributed by atoms with Crippen LogP contribution in [0.4, 0.5) is 5.82 Å². The van der Waals surface area contributed by atoms with Crippen molar-refractivity contribution < 1.29 is 0 Å². The lowest BCUT2D eigenvalue weighted by atomic mass is 10.1. The summed E-state index contributed by atoms with van der Waals surface area (Å²) in [6, 6.07) is 7.98. The van der Waals surface area contributed by atoms with Gasteiger partial charge in [0.25, 0.3) is 5.56 Å². The van der Waals surface area contributed by atoms with Crippen molar-refractivity contribution in [2.75, 3.05) is 12.4 Å². The van der Waals surface area contributed by atoms with Gasteiger partial charge in [0.15, 0.2) is 5.65 Å². The Morgan fingerprint density at radius 1 is 1.12 bits per heavy atom. The van der Waals surface area contributed by atoms with Crippen molar-refractivity contribution in [3.63, 3.8) is 0 Å². The first-order valence-corrected chi connectivity index (χ1v) is 7.91. The van der Waals surface area contributed by atoms with E-state index in [9.17, 15) is 9.59 Å². The van der Waals surface area contributed by atoms with E-state index in [0.29, 0.717) is 29.9 Å². The number of nitrogens with zero attached hydrogens (tertiary/aromatic N) is 4. The molecule has 0 fully saturated rings. The summed E-state index contributed by atoms with van der Waals surface area (Å²) in [7, 11) is 3.49. The van der Waals surface area contributed by atoms with E-state index < -0.39 is 0 Å². The third-order valence-electron chi connectivity index (χ3n) is 4.22. The molecule has 3 rings (SSSR count). The zero-order valence-corrected chi connectivity index (χ0v) is 14.3. The Balaban J connectivity index is 2.32. The minimum absolute atomic E-state index is 0.310. The smallest absolute Gasteiger partial charge is 0.333 e. The van der Waals surface area contributed by atoms with Crippen molar-refractivity contribution in [1.29, 1.82) is 0 Å². The summed E-state index contributed by atoms with van der Waals surface area (Å²) in [6.07, 6.45) is 0. The predicted octanol–water partition coefficient (Wildman–Crippen LogP) is 1.32. The van der Waals surface area contributed by atoms with Crippen LogP contribution in [0.3, 0.4) is 0 Å². The number of rotatable bonds is 4. The maximum Gasteiger partial charge on any atom is 0.333 e. The van der Waals surface area contributed by atoms with Crippen molar-refractivity contribution in [3.8, 4) is 0 Å². The molecular weight excluding hydrogens is 306 g/mol. The highest BCUT2D eigenvalue weighted by atomic mass is 16.2. The van der Waals surface area contributed by atoms with Gasteiger partial charge < -0.3 is 5.32 Å². The Morgan fingerprint density at radius 2 is 1.79 bits per heavy atom. The van der Waals surface area contributed by atoms with Gasteiger partial charge in [-0.3, -0.25) is 18.6 Å². The summed E-state index contributed by atoms with van der Waals surface area (Å²) >= 11 is 0. The van der Waals surface area contributed by atoms with E-state index >= 15 is 0 Å². The molecule has 1 aromatic carbocycles. The van der Waals surface area contributed by atoms with Gasteiger partial charge in [-0.2, -0.15) is 5.10 Å². The number of benzene rings is 1. The molecule has 7 heteroatoms. The molecule has 3 aromatic rings. The molecule has 0 atom stereocenters. The van der Waals surface area contributed by atoms with Gasteiger partial charge in [-0.15, -0.1) is 0 Å². The lowest BCUT2D eigenvalue weighted by Gasteiger charge is -2.10. The second-order valence-corrected chi connectivity index (χ2v) is 5.82. The SMILES string of the molecule is CCn1c(=O)c2c(NC)n(C)nc2n(Cc2ccc(C)cc2)c1=O. The third kappa shape index (κ3) is 2.42. The summed E-state index contributed by atoms with van der Waals surface area (Å²) in [6.45, 7) is 4.50. The lowest BCUT2D eigenvalue weighted by molar-refractivity contribution is 0.613. The van der Waals surface area contributed by atoms with E-state index in [1.54, 1.807) is 30.3 Å². The molecule has 0 unspecified atom stereocenters. The molecule has 24 heavy (non-hydrogen) atoms. The molecule has 1 N–H and O–H groups in total. The van der Waals surface area contributed by atoms with E-state index in [1.807, 2.05) is 31.2 Å². The van der Waals surface area contributed by atoms with Crippen LogP contribution in [0.25, 0.3) is 11.0 Å². The van der Waals surface area contributed by atoms with Crippen molar-refractivity contribution in [2.45, 2.75) is 26.9 Å². The van der Waals surface area contributed by atoms with Gasteiger partial charge in [0, 0.05) is 20.6 Å². The van der Waals surface area contributed by atoms with Crippen molar-refractivity contribution in [1.82, 2.24) is 18.9 Å². The molecule has 0 spiro atoms. The van der Waals surface area contributed by atoms with Gasteiger partial charge in [-0.25, -0.2) is 4.79 Å². The number of aromatic nitrogens is 4. The van der Waals surface area contributed by atoms with Gasteiger partial charge in [0.1, 0.15) is 11.2 Å². The summed E-state index contributed by atoms with van der Waals surface area (Å²) < 4.78 is 4.40. The second-order valence-electron chi connectivity index (χ2n) is 5.82. The maximum absolute atomic E-state index is 12.8. The minimum atomic E-state index is -0.337. The van der Waals surface area contributed by atoms with Crippen LogP contribution >= 0.6 is 0 Å². The highest BCUT2D eigenvalue weighted by Gasteiger charge is 2.20. The number of hydrogen-bond donors (Lipinski definition) is 1. The van der Waals surface area contributed by atoms with Crippen LogP contribution in [-0.4, -0.2) is 26.0 Å². The molecule has 2 aromatic heterocycles. The van der Waals surface area contributed by atoms with Crippen LogP contribution in [0.5, 0.6) is 0 Å². The Bertz CT molecular complexity index is 1010. The van der Waals surface area contributed by atoms with Crippen molar-refractivity contribution in [2.24, 2.45) is 7.05 Å². The van der Waals surface area contributed by atoms with Crippen molar-refractivity contribution in [3.05, 3.63) is 56.2 Å². The molecule has 0 aliphatic heterocycles. The monoisotopic (exact) mass is 327 g/mol. The molecule has 7 nitrogen and oxygen atoms in total. The van der Waals surface area contributed by atoms with Crippen molar-refractivity contribution >= 4 is 16.9 Å². The van der Waals surface area contributed by atoms with Gasteiger partial charge in [-0.05, 0) is 19.4 Å². The number of anilines is 1. The topological polar surface area (TPSA) is 73.8 Å². The quantitative estimate of drug-likeness (QED) is 0.784. The van der Waals surface area contributed by atoms with Crippen LogP contribution in [0.15, 0.2) is 33.9 Å². The van der Waals surface area contributed by atoms with Gasteiger partial charge in [0.05, 0.1) is 6.54 Å². The average Bonchev–Trinajstić information content (AvgIpc) is 2.90. The normalized spacial score (nSPS) is 11.2. The van der Waals surface area contributed by atoms with Gasteiger partial charge in [-0.1, -0.05) is 29.8 Å². The molecule has 0 saturated heterocycles. The number of fused-ring (bicyclic) bond motifs is 1. The molecular formula is C17H21N5O2. The van der Waals surface area contributed by atoms with E-state index in [2.05, 4.69) is 10.4 Å². The summed E-state index contributed by atoms with van der Waals surface area (Å²) in [5.41, 5.74) is 1.90. The Kier molecular flexibility index (Phi) is 4.01. The molecule has 0 radical (unpaired) electrons. The van der Waals surface area contributed by atoms with Crippen LogP contribution in [0, 0.1) is 6.92 Å². The van der Waals surface area contributed by atoms with Crippen LogP contribution in [0.2, 0.25) is 0 Å². The van der Waals surface area contributed by atoms with Crippen LogP contribution < -0.4 is 16.6 Å². The zero-order valence-electron chi connectivity index (χ0n) is 14.3. The van der Waals surface area contributed by atoms with Gasteiger partial charge >= 0.3 is 5.69 Å². The fraction of sp³-hybridized carbons (Fsp3) is 0.353. The first-order chi connectivity index (χ1) is 11.5. The average molecular weight is 327 g/mol. The zero-order chi connectivity index (χ0) is 17.4. The largest absolute Gasteiger partial charge is 0.373 e. The van der Waals surface area contributed by atoms with Crippen LogP contribution in [0.1, 0.15) is 18.1 Å². The standard InChI is InChI=1S/C17H21N5O2/c1-5-21-16(23)13-14(18-3)20(4)19-15(13)22(17(21)24)10-12-8-6-11(2)7-9-12/h6-9,18H,5,10H2,1-4H3. The molecule has 0 amide bonds. The van der Waals surface area contributed by atoms with E-state index in [1.165, 1.54) is 4.57 Å². The third-order valence-corrected chi connectivity index (χ3v) is 4.22. The van der Waals surface area contributed by atoms with E-state index in [-0.39, 0.29) is 11.2 Å². The predicted molar refractivity (Wildman–Crippen MR) is 94.7 cm³/mol. The lowest BCUT2D eigenvalue weighted by Crippen LogP contribution is -2.39. The Morgan fingerprint density at radius 3 is 2.38 bits per heavy atom. The number of aryl methyl sites for hydroxylation is 2. The minimum Gasteiger partial charge on any atom is -0.373 e. The van der Waals surface area contributed by atoms with E-state index in [0.717, 1.165) is 11.1 Å². The van der Waals surface area contributed by atoms with E-state index in [4.69, 9.17) is 0 Å². The molecule has 0 saturated carbocycles.